The van der Waals surface area contributed by atoms with Crippen LogP contribution in [0.2, 0.25) is 0 Å². The van der Waals surface area contributed by atoms with Crippen molar-refractivity contribution in [3.63, 3.8) is 0 Å². The molecule has 0 atom stereocenters. The molecule has 0 bridgehead atoms. The minimum absolute atomic E-state index is 0.520. The molecule has 2 aromatic rings. The van der Waals surface area contributed by atoms with Crippen molar-refractivity contribution >= 4 is 17.3 Å². The van der Waals surface area contributed by atoms with Crippen LogP contribution in [0.25, 0.3) is 0 Å². The second-order valence-electron chi connectivity index (χ2n) is 7.07. The maximum atomic E-state index is 4.81. The van der Waals surface area contributed by atoms with E-state index in [0.29, 0.717) is 12.6 Å². The van der Waals surface area contributed by atoms with Gasteiger partial charge >= 0.3 is 0 Å². The Hall–Kier alpha value is -1.92. The number of rotatable bonds is 8. The van der Waals surface area contributed by atoms with Crippen molar-refractivity contribution in [1.29, 1.82) is 0 Å². The van der Waals surface area contributed by atoms with Crippen LogP contribution in [0.3, 0.4) is 0 Å². The molecule has 2 N–H and O–H groups in total. The molecule has 27 heavy (non-hydrogen) atoms. The van der Waals surface area contributed by atoms with E-state index in [9.17, 15) is 0 Å². The van der Waals surface area contributed by atoms with Gasteiger partial charge in [-0.1, -0.05) is 24.3 Å². The van der Waals surface area contributed by atoms with Gasteiger partial charge in [0.05, 0.1) is 23.8 Å². The van der Waals surface area contributed by atoms with E-state index < -0.39 is 0 Å². The maximum absolute atomic E-state index is 4.81. The number of thiazole rings is 1. The average Bonchev–Trinajstić information content (AvgIpc) is 2.95. The fraction of sp³-hybridized carbons (Fsp3) is 0.524. The third-order valence-electron chi connectivity index (χ3n) is 4.59. The van der Waals surface area contributed by atoms with Gasteiger partial charge in [-0.15, -0.1) is 11.3 Å². The number of aromatic nitrogens is 1. The van der Waals surface area contributed by atoms with E-state index in [4.69, 9.17) is 4.99 Å². The molecule has 1 aromatic heterocycles. The van der Waals surface area contributed by atoms with Crippen molar-refractivity contribution in [2.24, 2.45) is 4.99 Å². The minimum Gasteiger partial charge on any atom is -0.357 e. The summed E-state index contributed by atoms with van der Waals surface area (Å²) in [5.74, 6) is 0.843. The normalized spacial score (nSPS) is 12.1. The van der Waals surface area contributed by atoms with Crippen LogP contribution in [-0.2, 0) is 19.6 Å². The summed E-state index contributed by atoms with van der Waals surface area (Å²) in [7, 11) is 2.16. The summed E-state index contributed by atoms with van der Waals surface area (Å²) in [6, 6.07) is 9.09. The highest BCUT2D eigenvalue weighted by Gasteiger charge is 2.09. The van der Waals surface area contributed by atoms with Crippen molar-refractivity contribution in [2.45, 2.75) is 60.3 Å². The highest BCUT2D eigenvalue weighted by molar-refractivity contribution is 7.11. The van der Waals surface area contributed by atoms with E-state index in [0.717, 1.165) is 36.3 Å². The smallest absolute Gasteiger partial charge is 0.191 e. The van der Waals surface area contributed by atoms with Crippen molar-refractivity contribution in [3.8, 4) is 0 Å². The van der Waals surface area contributed by atoms with Crippen molar-refractivity contribution in [2.75, 3.05) is 13.6 Å². The summed E-state index contributed by atoms with van der Waals surface area (Å²) >= 11 is 1.74. The SMILES string of the molecule is CCNC(=NCc1ccccc1CN(C)C(C)C)NCc1sc(C)nc1C. The number of hydrogen-bond donors (Lipinski definition) is 2. The molecule has 5 nitrogen and oxygen atoms in total. The Morgan fingerprint density at radius 1 is 1.19 bits per heavy atom. The number of benzene rings is 1. The summed E-state index contributed by atoms with van der Waals surface area (Å²) in [4.78, 5) is 12.9. The first kappa shape index (κ1) is 21.4. The van der Waals surface area contributed by atoms with E-state index in [-0.39, 0.29) is 0 Å². The molecule has 0 spiro atoms. The van der Waals surface area contributed by atoms with Gasteiger partial charge < -0.3 is 10.6 Å². The van der Waals surface area contributed by atoms with E-state index >= 15 is 0 Å². The first-order chi connectivity index (χ1) is 12.9. The molecule has 0 unspecified atom stereocenters. The molecule has 0 aliphatic heterocycles. The molecule has 1 aromatic carbocycles. The quantitative estimate of drug-likeness (QED) is 0.533. The van der Waals surface area contributed by atoms with Gasteiger partial charge in [0.25, 0.3) is 0 Å². The number of nitrogens with one attached hydrogen (secondary N) is 2. The van der Waals surface area contributed by atoms with Gasteiger partial charge in [-0.3, -0.25) is 4.90 Å². The number of aliphatic imine (C=N–C) groups is 1. The number of aryl methyl sites for hydroxylation is 2. The van der Waals surface area contributed by atoms with Crippen LogP contribution in [-0.4, -0.2) is 35.5 Å². The fourth-order valence-electron chi connectivity index (χ4n) is 2.72. The molecule has 0 aliphatic carbocycles. The maximum Gasteiger partial charge on any atom is 0.191 e. The Balaban J connectivity index is 2.07. The Morgan fingerprint density at radius 2 is 1.89 bits per heavy atom. The second-order valence-corrected chi connectivity index (χ2v) is 8.36. The summed E-state index contributed by atoms with van der Waals surface area (Å²) in [5.41, 5.74) is 3.71. The lowest BCUT2D eigenvalue weighted by Gasteiger charge is -2.22. The fourth-order valence-corrected chi connectivity index (χ4v) is 3.60. The van der Waals surface area contributed by atoms with Crippen molar-refractivity contribution in [3.05, 3.63) is 51.0 Å². The molecule has 1 heterocycles. The van der Waals surface area contributed by atoms with E-state index in [1.165, 1.54) is 16.0 Å². The molecule has 0 aliphatic rings. The predicted octanol–water partition coefficient (Wildman–Crippen LogP) is 3.86. The van der Waals surface area contributed by atoms with Crippen LogP contribution in [0.15, 0.2) is 29.3 Å². The lowest BCUT2D eigenvalue weighted by Crippen LogP contribution is -2.36. The molecule has 0 saturated heterocycles. The summed E-state index contributed by atoms with van der Waals surface area (Å²) in [6.45, 7) is 13.8. The highest BCUT2D eigenvalue weighted by atomic mass is 32.1. The van der Waals surface area contributed by atoms with Crippen LogP contribution in [0.5, 0.6) is 0 Å². The number of guanidine groups is 1. The summed E-state index contributed by atoms with van der Waals surface area (Å²) in [6.07, 6.45) is 0. The molecular formula is C21H33N5S. The highest BCUT2D eigenvalue weighted by Crippen LogP contribution is 2.17. The third-order valence-corrected chi connectivity index (χ3v) is 5.66. The van der Waals surface area contributed by atoms with Gasteiger partial charge in [-0.2, -0.15) is 0 Å². The topological polar surface area (TPSA) is 52.6 Å². The Morgan fingerprint density at radius 3 is 2.48 bits per heavy atom. The Kier molecular flexibility index (Phi) is 8.25. The van der Waals surface area contributed by atoms with E-state index in [2.05, 4.69) is 79.5 Å². The summed E-state index contributed by atoms with van der Waals surface area (Å²) < 4.78 is 0. The number of nitrogens with zero attached hydrogens (tertiary/aromatic N) is 3. The zero-order valence-corrected chi connectivity index (χ0v) is 18.3. The number of hydrogen-bond acceptors (Lipinski definition) is 4. The molecule has 148 valence electrons. The lowest BCUT2D eigenvalue weighted by atomic mass is 10.1. The second kappa shape index (κ2) is 10.4. The zero-order valence-electron chi connectivity index (χ0n) is 17.5. The van der Waals surface area contributed by atoms with Gasteiger partial charge in [-0.25, -0.2) is 9.98 Å². The van der Waals surface area contributed by atoms with E-state index in [1.54, 1.807) is 11.3 Å². The third kappa shape index (κ3) is 6.63. The van der Waals surface area contributed by atoms with Gasteiger partial charge in [0.2, 0.25) is 0 Å². The molecule has 0 radical (unpaired) electrons. The lowest BCUT2D eigenvalue weighted by molar-refractivity contribution is 0.265. The minimum atomic E-state index is 0.520. The largest absolute Gasteiger partial charge is 0.357 e. The van der Waals surface area contributed by atoms with E-state index in [1.807, 2.05) is 6.92 Å². The van der Waals surface area contributed by atoms with Crippen LogP contribution < -0.4 is 10.6 Å². The first-order valence-corrected chi connectivity index (χ1v) is 10.4. The van der Waals surface area contributed by atoms with Crippen LogP contribution in [0.1, 0.15) is 47.5 Å². The van der Waals surface area contributed by atoms with Crippen LogP contribution in [0, 0.1) is 13.8 Å². The molecule has 0 amide bonds. The van der Waals surface area contributed by atoms with Crippen LogP contribution >= 0.6 is 11.3 Å². The first-order valence-electron chi connectivity index (χ1n) is 9.62. The van der Waals surface area contributed by atoms with Gasteiger partial charge in [0.15, 0.2) is 5.96 Å². The molecular weight excluding hydrogens is 354 g/mol. The van der Waals surface area contributed by atoms with Crippen molar-refractivity contribution < 1.29 is 0 Å². The molecule has 0 fully saturated rings. The Labute approximate surface area is 167 Å². The monoisotopic (exact) mass is 387 g/mol. The van der Waals surface area contributed by atoms with Gasteiger partial charge in [-0.05, 0) is 52.8 Å². The molecule has 6 heteroatoms. The predicted molar refractivity (Wildman–Crippen MR) is 116 cm³/mol. The van der Waals surface area contributed by atoms with Crippen LogP contribution in [0.4, 0.5) is 0 Å². The van der Waals surface area contributed by atoms with Gasteiger partial charge in [0.1, 0.15) is 0 Å². The van der Waals surface area contributed by atoms with Gasteiger partial charge in [0, 0.05) is 24.0 Å². The Bertz CT molecular complexity index is 751. The molecule has 2 rings (SSSR count). The van der Waals surface area contributed by atoms with Crippen molar-refractivity contribution in [1.82, 2.24) is 20.5 Å². The average molecular weight is 388 g/mol. The zero-order chi connectivity index (χ0) is 19.8. The summed E-state index contributed by atoms with van der Waals surface area (Å²) in [5, 5.41) is 7.89. The standard InChI is InChI=1S/C21H33N5S/c1-7-22-21(24-13-20-16(4)25-17(5)27-20)23-12-18-10-8-9-11-19(18)14-26(6)15(2)3/h8-11,15H,7,12-14H2,1-6H3,(H2,22,23,24). The molecule has 0 saturated carbocycles.